The smallest absolute Gasteiger partial charge is 0.309 e. The first-order valence-electron chi connectivity index (χ1n) is 9.94. The second kappa shape index (κ2) is 7.70. The van der Waals surface area contributed by atoms with Crippen LogP contribution in [0.1, 0.15) is 37.9 Å². The van der Waals surface area contributed by atoms with Gasteiger partial charge in [0.05, 0.1) is 17.0 Å². The Kier molecular flexibility index (Phi) is 5.10. The Morgan fingerprint density at radius 3 is 2.66 bits per heavy atom. The molecule has 1 N–H and O–H groups in total. The number of carbonyl (C=O) groups is 2. The fraction of sp³-hybridized carbons (Fsp3) is 0.455. The van der Waals surface area contributed by atoms with E-state index in [1.54, 1.807) is 11.6 Å². The number of benzene rings is 1. The number of hydrogen-bond acceptors (Lipinski definition) is 6. The maximum absolute atomic E-state index is 12.5. The lowest BCUT2D eigenvalue weighted by Crippen LogP contribution is -2.39. The molecular formula is C22H23N3O4. The van der Waals surface area contributed by atoms with Crippen LogP contribution in [0.5, 0.6) is 0 Å². The lowest BCUT2D eigenvalue weighted by atomic mass is 9.67. The van der Waals surface area contributed by atoms with Crippen LogP contribution in [0, 0.1) is 29.1 Å². The number of aliphatic hydroxyl groups excluding tert-OH is 1. The predicted molar refractivity (Wildman–Crippen MR) is 105 cm³/mol. The van der Waals surface area contributed by atoms with Crippen LogP contribution in [-0.2, 0) is 21.4 Å². The topological polar surface area (TPSA) is 105 Å². The maximum atomic E-state index is 12.5. The van der Waals surface area contributed by atoms with Crippen LogP contribution in [0.4, 0.5) is 0 Å². The van der Waals surface area contributed by atoms with Crippen molar-refractivity contribution in [3.05, 3.63) is 35.8 Å². The number of ether oxygens (including phenoxy) is 1. The van der Waals surface area contributed by atoms with Gasteiger partial charge in [0.25, 0.3) is 0 Å². The normalized spacial score (nSPS) is 24.7. The molecule has 7 nitrogen and oxygen atoms in total. The molecule has 2 saturated carbocycles. The molecule has 3 atom stereocenters. The number of allylic oxidation sites excluding steroid dienone is 1. The summed E-state index contributed by atoms with van der Waals surface area (Å²) in [4.78, 5) is 29.1. The number of nitrogens with zero attached hydrogens (tertiary/aromatic N) is 3. The maximum Gasteiger partial charge on any atom is 0.309 e. The number of Topliss-reactive ketones (excluding diaryl/α,β-unsaturated/α-hetero) is 1. The van der Waals surface area contributed by atoms with E-state index in [-0.39, 0.29) is 41.5 Å². The Morgan fingerprint density at radius 2 is 2.00 bits per heavy atom. The molecule has 150 valence electrons. The van der Waals surface area contributed by atoms with Crippen molar-refractivity contribution in [1.29, 1.82) is 5.26 Å². The summed E-state index contributed by atoms with van der Waals surface area (Å²) in [7, 11) is 1.76. The second-order valence-corrected chi connectivity index (χ2v) is 7.92. The summed E-state index contributed by atoms with van der Waals surface area (Å²) in [6.45, 7) is -0.384. The fourth-order valence-electron chi connectivity index (χ4n) is 4.61. The molecule has 2 aliphatic rings. The molecule has 0 radical (unpaired) electrons. The van der Waals surface area contributed by atoms with E-state index < -0.39 is 5.97 Å². The van der Waals surface area contributed by atoms with Crippen LogP contribution in [0.15, 0.2) is 30.0 Å². The van der Waals surface area contributed by atoms with Crippen LogP contribution in [0.25, 0.3) is 16.6 Å². The first-order chi connectivity index (χ1) is 14.0. The summed E-state index contributed by atoms with van der Waals surface area (Å²) in [5.41, 5.74) is 1.52. The standard InChI is InChI=1S/C22H23N3O4/c1-25-18-8-3-2-7-17(18)24-21(25)16(11-23)19(26)12-29-22(28)15-9-13-5-4-6-14(10-15)20(13)27/h2-3,7-8,13-15,26H,4-6,9-10,12H2,1H3/b19-16-/t13-,14+,15?. The van der Waals surface area contributed by atoms with Gasteiger partial charge in [-0.2, -0.15) is 5.26 Å². The van der Waals surface area contributed by atoms with E-state index >= 15 is 0 Å². The molecule has 2 aliphatic carbocycles. The molecular weight excluding hydrogens is 370 g/mol. The van der Waals surface area contributed by atoms with Gasteiger partial charge in [-0.25, -0.2) is 4.98 Å². The average Bonchev–Trinajstić information content (AvgIpc) is 3.03. The fourth-order valence-corrected chi connectivity index (χ4v) is 4.61. The zero-order valence-corrected chi connectivity index (χ0v) is 16.3. The molecule has 1 aromatic heterocycles. The first-order valence-corrected chi connectivity index (χ1v) is 9.94. The van der Waals surface area contributed by atoms with Gasteiger partial charge in [0, 0.05) is 18.9 Å². The lowest BCUT2D eigenvalue weighted by molar-refractivity contribution is -0.153. The van der Waals surface area contributed by atoms with Crippen LogP contribution < -0.4 is 0 Å². The highest BCUT2D eigenvalue weighted by Gasteiger charge is 2.41. The quantitative estimate of drug-likeness (QED) is 0.485. The third-order valence-corrected chi connectivity index (χ3v) is 6.14. The van der Waals surface area contributed by atoms with E-state index in [1.807, 2.05) is 30.3 Å². The Balaban J connectivity index is 1.48. The van der Waals surface area contributed by atoms with Crippen molar-refractivity contribution in [1.82, 2.24) is 9.55 Å². The molecule has 4 rings (SSSR count). The number of rotatable bonds is 4. The number of nitriles is 1. The van der Waals surface area contributed by atoms with Crippen LogP contribution in [0.2, 0.25) is 0 Å². The van der Waals surface area contributed by atoms with Gasteiger partial charge >= 0.3 is 5.97 Å². The van der Waals surface area contributed by atoms with E-state index in [4.69, 9.17) is 4.74 Å². The molecule has 1 heterocycles. The summed E-state index contributed by atoms with van der Waals surface area (Å²) in [5.74, 6) is -0.541. The third-order valence-electron chi connectivity index (χ3n) is 6.14. The molecule has 29 heavy (non-hydrogen) atoms. The molecule has 2 fully saturated rings. The molecule has 0 spiro atoms. The monoisotopic (exact) mass is 393 g/mol. The van der Waals surface area contributed by atoms with Gasteiger partial charge < -0.3 is 14.4 Å². The Bertz CT molecular complexity index is 1030. The summed E-state index contributed by atoms with van der Waals surface area (Å²) >= 11 is 0. The number of ketones is 1. The van der Waals surface area contributed by atoms with Gasteiger partial charge in [0.15, 0.2) is 11.6 Å². The summed E-state index contributed by atoms with van der Waals surface area (Å²) < 4.78 is 7.04. The van der Waals surface area contributed by atoms with Crippen molar-refractivity contribution >= 4 is 28.4 Å². The summed E-state index contributed by atoms with van der Waals surface area (Å²) in [6.07, 6.45) is 3.77. The van der Waals surface area contributed by atoms with Crippen LogP contribution >= 0.6 is 0 Å². The minimum atomic E-state index is -0.414. The van der Waals surface area contributed by atoms with E-state index in [0.717, 1.165) is 24.8 Å². The van der Waals surface area contributed by atoms with Gasteiger partial charge in [-0.3, -0.25) is 9.59 Å². The largest absolute Gasteiger partial charge is 0.507 e. The highest BCUT2D eigenvalue weighted by atomic mass is 16.5. The van der Waals surface area contributed by atoms with Crippen molar-refractivity contribution in [3.8, 4) is 6.07 Å². The number of fused-ring (bicyclic) bond motifs is 3. The van der Waals surface area contributed by atoms with E-state index in [1.165, 1.54) is 0 Å². The molecule has 0 amide bonds. The summed E-state index contributed by atoms with van der Waals surface area (Å²) in [5, 5.41) is 20.0. The zero-order valence-electron chi connectivity index (χ0n) is 16.3. The summed E-state index contributed by atoms with van der Waals surface area (Å²) in [6, 6.07) is 9.39. The van der Waals surface area contributed by atoms with Gasteiger partial charge in [-0.05, 0) is 37.8 Å². The van der Waals surface area contributed by atoms with Crippen molar-refractivity contribution in [2.75, 3.05) is 6.61 Å². The number of aryl methyl sites for hydroxylation is 1. The van der Waals surface area contributed by atoms with Gasteiger partial charge in [0.1, 0.15) is 24.0 Å². The number of esters is 1. The molecule has 7 heteroatoms. The van der Waals surface area contributed by atoms with Crippen molar-refractivity contribution in [2.45, 2.75) is 32.1 Å². The molecule has 2 aromatic rings. The zero-order chi connectivity index (χ0) is 20.5. The van der Waals surface area contributed by atoms with Crippen molar-refractivity contribution in [2.24, 2.45) is 24.8 Å². The number of aromatic nitrogens is 2. The number of aliphatic hydroxyl groups is 1. The van der Waals surface area contributed by atoms with Gasteiger partial charge in [-0.1, -0.05) is 18.6 Å². The Morgan fingerprint density at radius 1 is 1.31 bits per heavy atom. The van der Waals surface area contributed by atoms with Crippen LogP contribution in [0.3, 0.4) is 0 Å². The number of imidazole rings is 1. The SMILES string of the molecule is Cn1c(/C(C#N)=C(\O)COC(=O)C2C[C@H]3CCC[C@@H](C2)C3=O)nc2ccccc21. The average molecular weight is 393 g/mol. The molecule has 2 bridgehead atoms. The number of carbonyl (C=O) groups excluding carboxylic acids is 2. The van der Waals surface area contributed by atoms with Crippen molar-refractivity contribution < 1.29 is 19.4 Å². The highest BCUT2D eigenvalue weighted by molar-refractivity contribution is 5.87. The van der Waals surface area contributed by atoms with Crippen molar-refractivity contribution in [3.63, 3.8) is 0 Å². The third kappa shape index (κ3) is 3.51. The lowest BCUT2D eigenvalue weighted by Gasteiger charge is -2.36. The predicted octanol–water partition coefficient (Wildman–Crippen LogP) is 3.30. The van der Waals surface area contributed by atoms with E-state index in [9.17, 15) is 20.0 Å². The van der Waals surface area contributed by atoms with E-state index in [0.29, 0.717) is 24.2 Å². The first kappa shape index (κ1) is 19.2. The number of hydrogen-bond donors (Lipinski definition) is 1. The molecule has 0 aliphatic heterocycles. The van der Waals surface area contributed by atoms with Gasteiger partial charge in [0.2, 0.25) is 0 Å². The Hall–Kier alpha value is -3.14. The Labute approximate surface area is 168 Å². The number of para-hydroxylation sites is 2. The highest BCUT2D eigenvalue weighted by Crippen LogP contribution is 2.40. The molecule has 1 aromatic carbocycles. The second-order valence-electron chi connectivity index (χ2n) is 7.92. The van der Waals surface area contributed by atoms with Crippen LogP contribution in [-0.4, -0.2) is 33.0 Å². The van der Waals surface area contributed by atoms with E-state index in [2.05, 4.69) is 4.98 Å². The molecule has 0 saturated heterocycles. The van der Waals surface area contributed by atoms with Gasteiger partial charge in [-0.15, -0.1) is 0 Å². The molecule has 1 unspecified atom stereocenters. The minimum absolute atomic E-state index is 0.0211. The minimum Gasteiger partial charge on any atom is -0.507 e.